The molecule has 0 aromatic carbocycles. The molecule has 0 N–H and O–H groups in total. The summed E-state index contributed by atoms with van der Waals surface area (Å²) in [5, 5.41) is 0. The van der Waals surface area contributed by atoms with Crippen molar-refractivity contribution in [2.75, 3.05) is 41.5 Å². The van der Waals surface area contributed by atoms with Crippen LogP contribution >= 0.6 is 0 Å². The van der Waals surface area contributed by atoms with Gasteiger partial charge in [0.25, 0.3) is 0 Å². The first kappa shape index (κ1) is 35.5. The van der Waals surface area contributed by atoms with Crippen LogP contribution in [0.4, 0.5) is 0 Å². The Kier molecular flexibility index (Phi) is 24.5. The molecule has 4 nitrogen and oxygen atoms in total. The zero-order valence-corrected chi connectivity index (χ0v) is 26.3. The first-order valence-electron chi connectivity index (χ1n) is 14.0. The largest absolute Gasteiger partial charge is 1.00 e. The van der Waals surface area contributed by atoms with Crippen LogP contribution in [0.25, 0.3) is 0 Å². The Balaban J connectivity index is 0. The average Bonchev–Trinajstić information content (AvgIpc) is 2.81. The van der Waals surface area contributed by atoms with Gasteiger partial charge < -0.3 is 26.6 Å². The van der Waals surface area contributed by atoms with Crippen LogP contribution in [-0.4, -0.2) is 68.2 Å². The third-order valence-electron chi connectivity index (χ3n) is 7.41. The van der Waals surface area contributed by atoms with E-state index in [1.165, 1.54) is 103 Å². The van der Waals surface area contributed by atoms with Gasteiger partial charge in [0, 0.05) is 31.6 Å². The number of likely N-dealkylation sites (N-methyl/N-ethyl adjacent to an activating group) is 1. The second kappa shape index (κ2) is 22.8. The maximum absolute atomic E-state index is 6.19. The predicted octanol–water partition coefficient (Wildman–Crippen LogP) is 3.46. The normalized spacial score (nSPS) is 13.3. The van der Waals surface area contributed by atoms with Crippen molar-refractivity contribution in [1.29, 1.82) is 0 Å². The van der Waals surface area contributed by atoms with Crippen LogP contribution in [-0.2, 0) is 14.2 Å². The Labute approximate surface area is 217 Å². The minimum atomic E-state index is -0.710. The summed E-state index contributed by atoms with van der Waals surface area (Å²) in [6.45, 7) is 6.76. The molecule has 0 spiro atoms. The predicted molar refractivity (Wildman–Crippen MR) is 143 cm³/mol. The number of unbranched alkanes of at least 4 members (excludes halogenated alkanes) is 14. The van der Waals surface area contributed by atoms with Gasteiger partial charge in [0.1, 0.15) is 0 Å². The molecule has 1 atom stereocenters. The van der Waals surface area contributed by atoms with E-state index < -0.39 is 5.91 Å². The molecule has 0 bridgehead atoms. The molecule has 0 aliphatic heterocycles. The SMILES string of the molecule is CCCCCCCCCC[N+](C)(CCCCCCCCCC)C(OC)(OC)C(C[SiH3])OC.[Cl-]. The van der Waals surface area contributed by atoms with Gasteiger partial charge >= 0.3 is 5.91 Å². The lowest BCUT2D eigenvalue weighted by Crippen LogP contribution is -3.00. The number of quaternary nitrogens is 1. The summed E-state index contributed by atoms with van der Waals surface area (Å²) in [5.41, 5.74) is 0. The molecular formula is C27H60ClNO3Si. The highest BCUT2D eigenvalue weighted by Gasteiger charge is 2.55. The molecule has 0 heterocycles. The molecule has 0 fully saturated rings. The lowest BCUT2D eigenvalue weighted by Gasteiger charge is -2.50. The molecule has 33 heavy (non-hydrogen) atoms. The van der Waals surface area contributed by atoms with Gasteiger partial charge in [0.2, 0.25) is 0 Å². The fourth-order valence-electron chi connectivity index (χ4n) is 5.32. The maximum Gasteiger partial charge on any atom is 0.345 e. The molecule has 0 saturated carbocycles. The Bertz CT molecular complexity index is 387. The van der Waals surface area contributed by atoms with Crippen molar-refractivity contribution in [2.45, 2.75) is 135 Å². The van der Waals surface area contributed by atoms with Crippen molar-refractivity contribution in [2.24, 2.45) is 0 Å². The lowest BCUT2D eigenvalue weighted by molar-refractivity contribution is -1.01. The van der Waals surface area contributed by atoms with Crippen LogP contribution < -0.4 is 12.4 Å². The fourth-order valence-corrected chi connectivity index (χ4v) is 6.17. The summed E-state index contributed by atoms with van der Waals surface area (Å²) < 4.78 is 19.1. The van der Waals surface area contributed by atoms with E-state index in [0.717, 1.165) is 33.9 Å². The van der Waals surface area contributed by atoms with E-state index in [2.05, 4.69) is 20.9 Å². The Morgan fingerprint density at radius 2 is 0.970 bits per heavy atom. The summed E-state index contributed by atoms with van der Waals surface area (Å²) in [6, 6.07) is 1.01. The zero-order valence-electron chi connectivity index (χ0n) is 23.6. The van der Waals surface area contributed by atoms with Gasteiger partial charge in [-0.3, -0.25) is 4.48 Å². The van der Waals surface area contributed by atoms with Crippen molar-refractivity contribution in [3.05, 3.63) is 0 Å². The third kappa shape index (κ3) is 13.3. The summed E-state index contributed by atoms with van der Waals surface area (Å²) >= 11 is 0. The molecule has 0 rings (SSSR count). The van der Waals surface area contributed by atoms with E-state index in [4.69, 9.17) is 14.2 Å². The van der Waals surface area contributed by atoms with Crippen LogP contribution in [0.2, 0.25) is 6.04 Å². The van der Waals surface area contributed by atoms with E-state index in [-0.39, 0.29) is 18.5 Å². The Morgan fingerprint density at radius 3 is 1.24 bits per heavy atom. The number of ether oxygens (including phenoxy) is 3. The zero-order chi connectivity index (χ0) is 24.1. The first-order chi connectivity index (χ1) is 15.5. The van der Waals surface area contributed by atoms with Crippen LogP contribution in [0.3, 0.4) is 0 Å². The van der Waals surface area contributed by atoms with E-state index >= 15 is 0 Å². The van der Waals surface area contributed by atoms with Gasteiger partial charge in [-0.05, 0) is 31.7 Å². The van der Waals surface area contributed by atoms with E-state index in [9.17, 15) is 0 Å². The highest BCUT2D eigenvalue weighted by molar-refractivity contribution is 6.08. The summed E-state index contributed by atoms with van der Waals surface area (Å²) in [4.78, 5) is 0. The monoisotopic (exact) mass is 509 g/mol. The van der Waals surface area contributed by atoms with Crippen molar-refractivity contribution in [3.8, 4) is 0 Å². The molecule has 0 aliphatic rings. The summed E-state index contributed by atoms with van der Waals surface area (Å²) in [7, 11) is 8.85. The summed E-state index contributed by atoms with van der Waals surface area (Å²) in [6.07, 6.45) is 21.5. The second-order valence-corrected chi connectivity index (χ2v) is 10.8. The molecule has 0 saturated heterocycles. The smallest absolute Gasteiger partial charge is 0.345 e. The van der Waals surface area contributed by atoms with Crippen LogP contribution in [0, 0.1) is 0 Å². The van der Waals surface area contributed by atoms with Gasteiger partial charge in [-0.2, -0.15) is 0 Å². The molecule has 0 aromatic heterocycles. The lowest BCUT2D eigenvalue weighted by atomic mass is 10.0. The highest BCUT2D eigenvalue weighted by atomic mass is 35.5. The van der Waals surface area contributed by atoms with Crippen LogP contribution in [0.15, 0.2) is 0 Å². The molecule has 0 amide bonds. The van der Waals surface area contributed by atoms with Gasteiger partial charge in [0.15, 0.2) is 6.10 Å². The van der Waals surface area contributed by atoms with E-state index in [1.54, 1.807) is 0 Å². The van der Waals surface area contributed by atoms with E-state index in [1.807, 2.05) is 21.3 Å². The molecule has 1 unspecified atom stereocenters. The van der Waals surface area contributed by atoms with Gasteiger partial charge in [-0.15, -0.1) is 0 Å². The number of methoxy groups -OCH3 is 3. The second-order valence-electron chi connectivity index (χ2n) is 9.96. The summed E-state index contributed by atoms with van der Waals surface area (Å²) in [5.74, 6) is -0.710. The van der Waals surface area contributed by atoms with Crippen molar-refractivity contribution < 1.29 is 31.1 Å². The number of nitrogens with zero attached hydrogens (tertiary/aromatic N) is 1. The van der Waals surface area contributed by atoms with Crippen molar-refractivity contribution >= 4 is 10.2 Å². The highest BCUT2D eigenvalue weighted by Crippen LogP contribution is 2.34. The molecule has 0 aliphatic carbocycles. The minimum absolute atomic E-state index is 0. The molecule has 202 valence electrons. The third-order valence-corrected chi connectivity index (χ3v) is 8.15. The van der Waals surface area contributed by atoms with Crippen LogP contribution in [0.5, 0.6) is 0 Å². The standard InChI is InChI=1S/C27H60NO3Si.ClH/c1-7-9-11-13-15-17-19-21-23-28(3,24-22-20-18-16-14-12-10-8-2)27(30-5,31-6)26(25-32)29-4;/h26H,7-25H2,1-6,32H3;1H/q+1;/p-1. The number of halogens is 1. The number of hydrogen-bond acceptors (Lipinski definition) is 3. The fraction of sp³-hybridized carbons (Fsp3) is 1.00. The van der Waals surface area contributed by atoms with Gasteiger partial charge in [-0.1, -0.05) is 90.9 Å². The average molecular weight is 510 g/mol. The van der Waals surface area contributed by atoms with E-state index in [0.29, 0.717) is 0 Å². The van der Waals surface area contributed by atoms with Gasteiger partial charge in [0.05, 0.1) is 20.1 Å². The Morgan fingerprint density at radius 1 is 0.636 bits per heavy atom. The molecule has 0 aromatic rings. The number of hydrogen-bond donors (Lipinski definition) is 0. The van der Waals surface area contributed by atoms with Crippen molar-refractivity contribution in [3.63, 3.8) is 0 Å². The Hall–Kier alpha value is 0.347. The maximum atomic E-state index is 6.19. The first-order valence-corrected chi connectivity index (χ1v) is 15.4. The van der Waals surface area contributed by atoms with Crippen LogP contribution in [0.1, 0.15) is 117 Å². The quantitative estimate of drug-likeness (QED) is 0.0862. The van der Waals surface area contributed by atoms with Crippen molar-refractivity contribution in [1.82, 2.24) is 0 Å². The molecule has 6 heteroatoms. The van der Waals surface area contributed by atoms with Gasteiger partial charge in [-0.25, -0.2) is 0 Å². The number of rotatable bonds is 24. The topological polar surface area (TPSA) is 27.7 Å². The molecule has 0 radical (unpaired) electrons. The minimum Gasteiger partial charge on any atom is -1.00 e. The molecular weight excluding hydrogens is 450 g/mol.